The number of nitrogens with one attached hydrogen (secondary N) is 1. The number of carbonyl (C=O) groups is 2. The molecule has 0 saturated carbocycles. The van der Waals surface area contributed by atoms with Crippen molar-refractivity contribution in [2.75, 3.05) is 0 Å². The molecular weight excluding hydrogens is 320 g/mol. The number of amides is 1. The number of rotatable bonds is 6. The van der Waals surface area contributed by atoms with Crippen LogP contribution in [-0.2, 0) is 17.9 Å². The van der Waals surface area contributed by atoms with Gasteiger partial charge in [0.1, 0.15) is 6.54 Å². The summed E-state index contributed by atoms with van der Waals surface area (Å²) in [5.74, 6) is -0.0337. The highest BCUT2D eigenvalue weighted by atomic mass is 32.1. The molecule has 5 heteroatoms. The molecule has 1 aromatic carbocycles. The van der Waals surface area contributed by atoms with Gasteiger partial charge in [0.05, 0.1) is 6.54 Å². The summed E-state index contributed by atoms with van der Waals surface area (Å²) in [5, 5.41) is 5.82. The Bertz CT molecular complexity index is 863. The summed E-state index contributed by atoms with van der Waals surface area (Å²) in [4.78, 5) is 25.8. The summed E-state index contributed by atoms with van der Waals surface area (Å²) < 4.78 is 1.86. The molecule has 0 radical (unpaired) electrons. The molecule has 124 valence electrons. The van der Waals surface area contributed by atoms with Crippen molar-refractivity contribution < 1.29 is 9.59 Å². The summed E-state index contributed by atoms with van der Waals surface area (Å²) >= 11 is 1.62. The second kappa shape index (κ2) is 7.01. The summed E-state index contributed by atoms with van der Waals surface area (Å²) in [7, 11) is 0. The van der Waals surface area contributed by atoms with Gasteiger partial charge in [-0.2, -0.15) is 0 Å². The minimum Gasteiger partial charge on any atom is -0.350 e. The van der Waals surface area contributed by atoms with Gasteiger partial charge >= 0.3 is 0 Å². The number of Topliss-reactive ketones (excluding diaryl/α,β-unsaturated/α-hetero) is 1. The van der Waals surface area contributed by atoms with Gasteiger partial charge in [0, 0.05) is 33.5 Å². The fraction of sp³-hybridized carbons (Fsp3) is 0.263. The lowest BCUT2D eigenvalue weighted by atomic mass is 10.0. The Labute approximate surface area is 145 Å². The SMILES string of the molecule is CC(C)C(=O)c1cn(CC(=O)NCc2cccs2)c2ccccc12. The Hall–Kier alpha value is -2.40. The van der Waals surface area contributed by atoms with Crippen molar-refractivity contribution in [1.82, 2.24) is 9.88 Å². The minimum absolute atomic E-state index is 0.0623. The molecule has 0 atom stereocenters. The molecule has 1 N–H and O–H groups in total. The van der Waals surface area contributed by atoms with Crippen LogP contribution < -0.4 is 5.32 Å². The molecule has 0 aliphatic carbocycles. The minimum atomic E-state index is -0.0723. The first-order valence-corrected chi connectivity index (χ1v) is 8.85. The number of aromatic nitrogens is 1. The molecule has 0 aliphatic heterocycles. The van der Waals surface area contributed by atoms with Crippen molar-refractivity contribution in [2.24, 2.45) is 5.92 Å². The highest BCUT2D eigenvalue weighted by Crippen LogP contribution is 2.23. The van der Waals surface area contributed by atoms with E-state index in [4.69, 9.17) is 0 Å². The second-order valence-corrected chi connectivity index (χ2v) is 7.10. The zero-order chi connectivity index (χ0) is 17.1. The number of para-hydroxylation sites is 1. The molecule has 0 bridgehead atoms. The van der Waals surface area contributed by atoms with Gasteiger partial charge in [-0.1, -0.05) is 38.1 Å². The van der Waals surface area contributed by atoms with Crippen LogP contribution in [0.15, 0.2) is 48.0 Å². The predicted molar refractivity (Wildman–Crippen MR) is 97.3 cm³/mol. The van der Waals surface area contributed by atoms with Crippen molar-refractivity contribution in [3.63, 3.8) is 0 Å². The van der Waals surface area contributed by atoms with Crippen molar-refractivity contribution in [1.29, 1.82) is 0 Å². The molecule has 24 heavy (non-hydrogen) atoms. The van der Waals surface area contributed by atoms with E-state index in [1.165, 1.54) is 0 Å². The van der Waals surface area contributed by atoms with Crippen molar-refractivity contribution in [3.05, 3.63) is 58.4 Å². The average Bonchev–Trinajstić information content (AvgIpc) is 3.20. The van der Waals surface area contributed by atoms with Crippen LogP contribution in [0.1, 0.15) is 29.1 Å². The van der Waals surface area contributed by atoms with Crippen LogP contribution in [0, 0.1) is 5.92 Å². The maximum Gasteiger partial charge on any atom is 0.240 e. The summed E-state index contributed by atoms with van der Waals surface area (Å²) in [6, 6.07) is 11.7. The summed E-state index contributed by atoms with van der Waals surface area (Å²) in [6.45, 7) is 4.52. The zero-order valence-corrected chi connectivity index (χ0v) is 14.6. The third-order valence-corrected chi connectivity index (χ3v) is 4.81. The molecule has 2 aromatic heterocycles. The van der Waals surface area contributed by atoms with Crippen LogP contribution in [0.5, 0.6) is 0 Å². The maximum atomic E-state index is 12.4. The molecule has 0 fully saturated rings. The molecule has 4 nitrogen and oxygen atoms in total. The monoisotopic (exact) mass is 340 g/mol. The van der Waals surface area contributed by atoms with Gasteiger partial charge in [0.2, 0.25) is 5.91 Å². The van der Waals surface area contributed by atoms with Gasteiger partial charge in [-0.05, 0) is 17.5 Å². The van der Waals surface area contributed by atoms with E-state index in [1.807, 2.05) is 60.2 Å². The molecule has 3 aromatic rings. The standard InChI is InChI=1S/C19H20N2O2S/c1-13(2)19(23)16-11-21(17-8-4-3-7-15(16)17)12-18(22)20-10-14-6-5-9-24-14/h3-9,11,13H,10,12H2,1-2H3,(H,20,22). The van der Waals surface area contributed by atoms with Gasteiger partial charge in [-0.15, -0.1) is 11.3 Å². The Morgan fingerprint density at radius 1 is 1.17 bits per heavy atom. The smallest absolute Gasteiger partial charge is 0.240 e. The number of ketones is 1. The van der Waals surface area contributed by atoms with E-state index in [1.54, 1.807) is 17.5 Å². The molecule has 0 aliphatic rings. The Morgan fingerprint density at radius 3 is 2.67 bits per heavy atom. The largest absolute Gasteiger partial charge is 0.350 e. The van der Waals surface area contributed by atoms with Crippen LogP contribution in [0.25, 0.3) is 10.9 Å². The predicted octanol–water partition coefficient (Wildman–Crippen LogP) is 3.86. The molecule has 2 heterocycles. The lowest BCUT2D eigenvalue weighted by Crippen LogP contribution is -2.26. The van der Waals surface area contributed by atoms with E-state index in [0.29, 0.717) is 12.1 Å². The Morgan fingerprint density at radius 2 is 1.96 bits per heavy atom. The van der Waals surface area contributed by atoms with E-state index in [0.717, 1.165) is 15.8 Å². The van der Waals surface area contributed by atoms with Crippen molar-refractivity contribution >= 4 is 33.9 Å². The number of hydrogen-bond acceptors (Lipinski definition) is 3. The number of fused-ring (bicyclic) bond motifs is 1. The topological polar surface area (TPSA) is 51.1 Å². The molecule has 0 spiro atoms. The van der Waals surface area contributed by atoms with E-state index >= 15 is 0 Å². The first-order chi connectivity index (χ1) is 11.6. The first-order valence-electron chi connectivity index (χ1n) is 7.97. The molecular formula is C19H20N2O2S. The Balaban J connectivity index is 1.81. The van der Waals surface area contributed by atoms with Gasteiger partial charge in [-0.25, -0.2) is 0 Å². The van der Waals surface area contributed by atoms with Gasteiger partial charge in [0.25, 0.3) is 0 Å². The first kappa shape index (κ1) is 16.5. The third kappa shape index (κ3) is 3.41. The fourth-order valence-corrected chi connectivity index (χ4v) is 3.34. The molecule has 0 unspecified atom stereocenters. The molecule has 0 saturated heterocycles. The number of hydrogen-bond donors (Lipinski definition) is 1. The maximum absolute atomic E-state index is 12.4. The summed E-state index contributed by atoms with van der Waals surface area (Å²) in [5.41, 5.74) is 1.60. The van der Waals surface area contributed by atoms with Gasteiger partial charge < -0.3 is 9.88 Å². The normalized spacial score (nSPS) is 11.1. The van der Waals surface area contributed by atoms with Crippen LogP contribution >= 0.6 is 11.3 Å². The molecule has 3 rings (SSSR count). The van der Waals surface area contributed by atoms with Crippen LogP contribution in [0.4, 0.5) is 0 Å². The quantitative estimate of drug-likeness (QED) is 0.693. The number of thiophene rings is 1. The zero-order valence-electron chi connectivity index (χ0n) is 13.8. The highest BCUT2D eigenvalue weighted by Gasteiger charge is 2.18. The number of carbonyl (C=O) groups excluding carboxylic acids is 2. The lowest BCUT2D eigenvalue weighted by Gasteiger charge is -2.06. The molecule has 1 amide bonds. The number of nitrogens with zero attached hydrogens (tertiary/aromatic N) is 1. The Kier molecular flexibility index (Phi) is 4.81. The average molecular weight is 340 g/mol. The van der Waals surface area contributed by atoms with Crippen molar-refractivity contribution in [3.8, 4) is 0 Å². The van der Waals surface area contributed by atoms with E-state index in [-0.39, 0.29) is 24.2 Å². The fourth-order valence-electron chi connectivity index (χ4n) is 2.69. The van der Waals surface area contributed by atoms with Crippen LogP contribution in [0.2, 0.25) is 0 Å². The number of benzene rings is 1. The summed E-state index contributed by atoms with van der Waals surface area (Å²) in [6.07, 6.45) is 1.80. The van der Waals surface area contributed by atoms with E-state index in [9.17, 15) is 9.59 Å². The van der Waals surface area contributed by atoms with E-state index < -0.39 is 0 Å². The van der Waals surface area contributed by atoms with Gasteiger partial charge in [-0.3, -0.25) is 9.59 Å². The van der Waals surface area contributed by atoms with E-state index in [2.05, 4.69) is 5.32 Å². The third-order valence-electron chi connectivity index (χ3n) is 3.93. The lowest BCUT2D eigenvalue weighted by molar-refractivity contribution is -0.121. The highest BCUT2D eigenvalue weighted by molar-refractivity contribution is 7.09. The van der Waals surface area contributed by atoms with Gasteiger partial charge in [0.15, 0.2) is 5.78 Å². The van der Waals surface area contributed by atoms with Crippen LogP contribution in [-0.4, -0.2) is 16.3 Å². The van der Waals surface area contributed by atoms with Crippen molar-refractivity contribution in [2.45, 2.75) is 26.9 Å². The van der Waals surface area contributed by atoms with Crippen LogP contribution in [0.3, 0.4) is 0 Å². The second-order valence-electron chi connectivity index (χ2n) is 6.06.